The highest BCUT2D eigenvalue weighted by Gasteiger charge is 2.19. The Morgan fingerprint density at radius 2 is 1.93 bits per heavy atom. The zero-order valence-corrected chi connectivity index (χ0v) is 17.0. The summed E-state index contributed by atoms with van der Waals surface area (Å²) in [5, 5.41) is 2.68. The number of nitrogens with one attached hydrogen (secondary N) is 1. The van der Waals surface area contributed by atoms with E-state index in [-0.39, 0.29) is 6.79 Å². The highest BCUT2D eigenvalue weighted by Crippen LogP contribution is 2.34. The van der Waals surface area contributed by atoms with E-state index in [1.54, 1.807) is 49.6 Å². The normalized spacial score (nSPS) is 13.0. The lowest BCUT2D eigenvalue weighted by molar-refractivity contribution is -0.148. The molecular formula is C22H23NO7. The van der Waals surface area contributed by atoms with Gasteiger partial charge in [0.1, 0.15) is 0 Å². The van der Waals surface area contributed by atoms with Gasteiger partial charge in [-0.2, -0.15) is 0 Å². The Hall–Kier alpha value is -3.68. The third-order valence-corrected chi connectivity index (χ3v) is 4.20. The lowest BCUT2D eigenvalue weighted by Crippen LogP contribution is -2.29. The number of hydrogen-bond acceptors (Lipinski definition) is 7. The number of anilines is 1. The quantitative estimate of drug-likeness (QED) is 0.524. The fraction of sp³-hybridized carbons (Fsp3) is 0.273. The average Bonchev–Trinajstić information content (AvgIpc) is 3.21. The first-order valence-electron chi connectivity index (χ1n) is 9.40. The van der Waals surface area contributed by atoms with Gasteiger partial charge in [0.15, 0.2) is 29.1 Å². The molecule has 158 valence electrons. The summed E-state index contributed by atoms with van der Waals surface area (Å²) in [6, 6.07) is 10.3. The molecule has 8 nitrogen and oxygen atoms in total. The molecule has 0 bridgehead atoms. The van der Waals surface area contributed by atoms with Crippen molar-refractivity contribution in [2.75, 3.05) is 25.8 Å². The highest BCUT2D eigenvalue weighted by molar-refractivity contribution is 5.96. The number of carbonyl (C=O) groups is 2. The van der Waals surface area contributed by atoms with Crippen LogP contribution in [0.2, 0.25) is 0 Å². The summed E-state index contributed by atoms with van der Waals surface area (Å²) in [5.41, 5.74) is 1.24. The molecule has 0 aromatic heterocycles. The molecule has 0 unspecified atom stereocenters. The molecule has 8 heteroatoms. The number of benzene rings is 2. The van der Waals surface area contributed by atoms with Crippen molar-refractivity contribution in [2.24, 2.45) is 0 Å². The van der Waals surface area contributed by atoms with Crippen molar-refractivity contribution in [1.29, 1.82) is 0 Å². The van der Waals surface area contributed by atoms with Crippen LogP contribution in [0, 0.1) is 0 Å². The Bertz CT molecular complexity index is 954. The van der Waals surface area contributed by atoms with E-state index in [0.717, 1.165) is 5.56 Å². The van der Waals surface area contributed by atoms with Gasteiger partial charge in [0.25, 0.3) is 5.91 Å². The van der Waals surface area contributed by atoms with Gasteiger partial charge in [0.05, 0.1) is 13.7 Å². The zero-order chi connectivity index (χ0) is 21.5. The molecular weight excluding hydrogens is 390 g/mol. The summed E-state index contributed by atoms with van der Waals surface area (Å²) in [7, 11) is 1.54. The zero-order valence-electron chi connectivity index (χ0n) is 17.0. The Kier molecular flexibility index (Phi) is 6.79. The number of fused-ring (bicyclic) bond motifs is 1. The molecule has 1 N–H and O–H groups in total. The van der Waals surface area contributed by atoms with Crippen LogP contribution in [0.4, 0.5) is 5.69 Å². The first-order chi connectivity index (χ1) is 14.5. The molecule has 30 heavy (non-hydrogen) atoms. The predicted octanol–water partition coefficient (Wildman–Crippen LogP) is 3.41. The van der Waals surface area contributed by atoms with Crippen LogP contribution >= 0.6 is 0 Å². The lowest BCUT2D eigenvalue weighted by atomic mass is 10.2. The van der Waals surface area contributed by atoms with E-state index >= 15 is 0 Å². The van der Waals surface area contributed by atoms with Gasteiger partial charge in [-0.05, 0) is 49.8 Å². The largest absolute Gasteiger partial charge is 0.493 e. The lowest BCUT2D eigenvalue weighted by Gasteiger charge is -2.12. The number of carbonyl (C=O) groups excluding carboxylic acids is 2. The summed E-state index contributed by atoms with van der Waals surface area (Å²) < 4.78 is 26.4. The SMILES string of the molecule is CCOc1ccc(/C=C/C(=O)O[C@H](C)C(=O)Nc2ccc3c(c2)OCO3)cc1OC. The van der Waals surface area contributed by atoms with Gasteiger partial charge in [-0.25, -0.2) is 4.79 Å². The van der Waals surface area contributed by atoms with Crippen molar-refractivity contribution in [3.8, 4) is 23.0 Å². The predicted molar refractivity (Wildman–Crippen MR) is 110 cm³/mol. The molecule has 1 heterocycles. The van der Waals surface area contributed by atoms with Gasteiger partial charge < -0.3 is 29.0 Å². The van der Waals surface area contributed by atoms with Crippen molar-refractivity contribution < 1.29 is 33.3 Å². The van der Waals surface area contributed by atoms with Crippen molar-refractivity contribution >= 4 is 23.6 Å². The Morgan fingerprint density at radius 1 is 1.13 bits per heavy atom. The van der Waals surface area contributed by atoms with Crippen molar-refractivity contribution in [3.05, 3.63) is 48.0 Å². The molecule has 0 fully saturated rings. The number of amides is 1. The molecule has 0 radical (unpaired) electrons. The van der Waals surface area contributed by atoms with Gasteiger partial charge >= 0.3 is 5.97 Å². The molecule has 2 aromatic rings. The molecule has 0 aliphatic carbocycles. The Morgan fingerprint density at radius 3 is 2.70 bits per heavy atom. The minimum atomic E-state index is -0.984. The maximum Gasteiger partial charge on any atom is 0.331 e. The van der Waals surface area contributed by atoms with Crippen LogP contribution in [0.25, 0.3) is 6.08 Å². The van der Waals surface area contributed by atoms with Crippen LogP contribution in [-0.2, 0) is 14.3 Å². The standard InChI is InChI=1S/C22H23NO7/c1-4-27-17-8-5-15(11-19(17)26-3)6-10-21(24)30-14(2)22(25)23-16-7-9-18-20(12-16)29-13-28-18/h5-12,14H,4,13H2,1-3H3,(H,23,25)/b10-6+/t14-/m1/s1. The average molecular weight is 413 g/mol. The number of rotatable bonds is 8. The van der Waals surface area contributed by atoms with E-state index in [0.29, 0.717) is 35.3 Å². The fourth-order valence-electron chi connectivity index (χ4n) is 2.71. The van der Waals surface area contributed by atoms with Gasteiger partial charge in [-0.15, -0.1) is 0 Å². The number of ether oxygens (including phenoxy) is 5. The molecule has 1 aliphatic heterocycles. The van der Waals surface area contributed by atoms with E-state index in [1.807, 2.05) is 6.92 Å². The van der Waals surface area contributed by atoms with Crippen LogP contribution in [-0.4, -0.2) is 38.5 Å². The van der Waals surface area contributed by atoms with Crippen molar-refractivity contribution in [3.63, 3.8) is 0 Å². The third-order valence-electron chi connectivity index (χ3n) is 4.20. The number of esters is 1. The van der Waals surface area contributed by atoms with E-state index in [9.17, 15) is 9.59 Å². The van der Waals surface area contributed by atoms with E-state index in [4.69, 9.17) is 23.7 Å². The minimum absolute atomic E-state index is 0.146. The van der Waals surface area contributed by atoms with E-state index in [1.165, 1.54) is 13.0 Å². The molecule has 1 atom stereocenters. The maximum atomic E-state index is 12.3. The van der Waals surface area contributed by atoms with Gasteiger partial charge in [0.2, 0.25) is 6.79 Å². The molecule has 0 spiro atoms. The second kappa shape index (κ2) is 9.69. The highest BCUT2D eigenvalue weighted by atomic mass is 16.7. The molecule has 1 aliphatic rings. The monoisotopic (exact) mass is 413 g/mol. The molecule has 2 aromatic carbocycles. The second-order valence-electron chi connectivity index (χ2n) is 6.31. The summed E-state index contributed by atoms with van der Waals surface area (Å²) in [5.74, 6) is 1.24. The topological polar surface area (TPSA) is 92.3 Å². The van der Waals surface area contributed by atoms with Crippen LogP contribution in [0.5, 0.6) is 23.0 Å². The van der Waals surface area contributed by atoms with Crippen molar-refractivity contribution in [1.82, 2.24) is 0 Å². The molecule has 0 saturated heterocycles. The maximum absolute atomic E-state index is 12.3. The van der Waals surface area contributed by atoms with Gasteiger partial charge in [-0.3, -0.25) is 4.79 Å². The van der Waals surface area contributed by atoms with E-state index < -0.39 is 18.0 Å². The first-order valence-corrected chi connectivity index (χ1v) is 9.40. The second-order valence-corrected chi connectivity index (χ2v) is 6.31. The Balaban J connectivity index is 1.55. The number of methoxy groups -OCH3 is 1. The first kappa shape index (κ1) is 21.0. The minimum Gasteiger partial charge on any atom is -0.493 e. The fourth-order valence-corrected chi connectivity index (χ4v) is 2.71. The molecule has 0 saturated carbocycles. The van der Waals surface area contributed by atoms with Gasteiger partial charge in [0, 0.05) is 17.8 Å². The van der Waals surface area contributed by atoms with Gasteiger partial charge in [-0.1, -0.05) is 6.07 Å². The smallest absolute Gasteiger partial charge is 0.331 e. The third kappa shape index (κ3) is 5.22. The van der Waals surface area contributed by atoms with Crippen LogP contribution in [0.3, 0.4) is 0 Å². The van der Waals surface area contributed by atoms with E-state index in [2.05, 4.69) is 5.32 Å². The molecule has 1 amide bonds. The van der Waals surface area contributed by atoms with Crippen LogP contribution in [0.15, 0.2) is 42.5 Å². The summed E-state index contributed by atoms with van der Waals surface area (Å²) in [6.45, 7) is 4.04. The summed E-state index contributed by atoms with van der Waals surface area (Å²) in [6.07, 6.45) is 1.84. The molecule has 3 rings (SSSR count). The summed E-state index contributed by atoms with van der Waals surface area (Å²) >= 11 is 0. The Labute approximate surface area is 174 Å². The summed E-state index contributed by atoms with van der Waals surface area (Å²) in [4.78, 5) is 24.4. The number of hydrogen-bond donors (Lipinski definition) is 1. The van der Waals surface area contributed by atoms with Crippen LogP contribution in [0.1, 0.15) is 19.4 Å². The van der Waals surface area contributed by atoms with Crippen LogP contribution < -0.4 is 24.3 Å². The van der Waals surface area contributed by atoms with Crippen molar-refractivity contribution in [2.45, 2.75) is 20.0 Å².